The fraction of sp³-hybridized carbons (Fsp3) is 0.318. The molecule has 0 bridgehead atoms. The minimum Gasteiger partial charge on any atom is -0.325 e. The van der Waals surface area contributed by atoms with Crippen molar-refractivity contribution in [1.29, 1.82) is 0 Å². The van der Waals surface area contributed by atoms with E-state index in [1.165, 1.54) is 24.2 Å². The van der Waals surface area contributed by atoms with Crippen LogP contribution < -0.4 is 5.32 Å². The molecule has 0 saturated heterocycles. The Hall–Kier alpha value is -3.00. The summed E-state index contributed by atoms with van der Waals surface area (Å²) in [6, 6.07) is 15.0. The molecule has 1 heterocycles. The number of amides is 1. The van der Waals surface area contributed by atoms with Gasteiger partial charge in [0.15, 0.2) is 5.78 Å². The van der Waals surface area contributed by atoms with Crippen LogP contribution in [0.2, 0.25) is 0 Å². The number of aromatic nitrogens is 4. The van der Waals surface area contributed by atoms with Crippen LogP contribution in [0.5, 0.6) is 0 Å². The minimum atomic E-state index is -0.431. The Morgan fingerprint density at radius 2 is 1.93 bits per heavy atom. The third kappa shape index (κ3) is 5.54. The van der Waals surface area contributed by atoms with Gasteiger partial charge in [-0.05, 0) is 66.9 Å². The molecule has 2 aromatic carbocycles. The van der Waals surface area contributed by atoms with Crippen molar-refractivity contribution in [3.8, 4) is 5.69 Å². The van der Waals surface area contributed by atoms with E-state index in [0.717, 1.165) is 24.9 Å². The van der Waals surface area contributed by atoms with Gasteiger partial charge in [0.2, 0.25) is 11.1 Å². The van der Waals surface area contributed by atoms with E-state index in [-0.39, 0.29) is 11.7 Å². The molecule has 1 aromatic heterocycles. The summed E-state index contributed by atoms with van der Waals surface area (Å²) >= 11 is 1.28. The molecule has 3 rings (SSSR count). The summed E-state index contributed by atoms with van der Waals surface area (Å²) in [6.45, 7) is 5.47. The molecule has 0 aliphatic carbocycles. The monoisotopic (exact) mass is 423 g/mol. The molecule has 8 heteroatoms. The third-order valence-electron chi connectivity index (χ3n) is 4.63. The third-order valence-corrected chi connectivity index (χ3v) is 5.66. The van der Waals surface area contributed by atoms with Gasteiger partial charge in [-0.15, -0.1) is 5.10 Å². The number of thioether (sulfide) groups is 1. The first kappa shape index (κ1) is 21.7. The first-order chi connectivity index (χ1) is 14.5. The maximum absolute atomic E-state index is 12.6. The van der Waals surface area contributed by atoms with Crippen molar-refractivity contribution in [3.05, 3.63) is 59.7 Å². The van der Waals surface area contributed by atoms with Gasteiger partial charge in [-0.1, -0.05) is 49.4 Å². The second kappa shape index (κ2) is 10.2. The number of unbranched alkanes of at least 4 members (excludes halogenated alkanes) is 1. The number of benzene rings is 2. The van der Waals surface area contributed by atoms with E-state index in [0.29, 0.717) is 16.4 Å². The minimum absolute atomic E-state index is 0.0478. The van der Waals surface area contributed by atoms with E-state index in [2.05, 4.69) is 39.9 Å². The van der Waals surface area contributed by atoms with Crippen LogP contribution >= 0.6 is 11.8 Å². The summed E-state index contributed by atoms with van der Waals surface area (Å²) in [5.41, 5.74) is 3.27. The Morgan fingerprint density at radius 1 is 1.17 bits per heavy atom. The highest BCUT2D eigenvalue weighted by atomic mass is 32.2. The highest BCUT2D eigenvalue weighted by Crippen LogP contribution is 2.24. The summed E-state index contributed by atoms with van der Waals surface area (Å²) in [7, 11) is 0. The number of anilines is 1. The van der Waals surface area contributed by atoms with Gasteiger partial charge in [0.1, 0.15) is 0 Å². The van der Waals surface area contributed by atoms with Gasteiger partial charge in [-0.3, -0.25) is 9.59 Å². The predicted octanol–water partition coefficient (Wildman–Crippen LogP) is 4.33. The second-order valence-corrected chi connectivity index (χ2v) is 8.34. The molecule has 0 aliphatic heterocycles. The number of tetrazole rings is 1. The maximum Gasteiger partial charge on any atom is 0.237 e. The zero-order chi connectivity index (χ0) is 21.5. The Kier molecular flexibility index (Phi) is 7.35. The molecular formula is C22H25N5O2S. The van der Waals surface area contributed by atoms with Crippen LogP contribution in [0.3, 0.4) is 0 Å². The molecule has 7 nitrogen and oxygen atoms in total. The molecule has 1 N–H and O–H groups in total. The van der Waals surface area contributed by atoms with Crippen molar-refractivity contribution in [2.75, 3.05) is 5.32 Å². The van der Waals surface area contributed by atoms with Crippen LogP contribution in [0.25, 0.3) is 5.69 Å². The number of nitrogens with one attached hydrogen (secondary N) is 1. The Balaban J connectivity index is 1.67. The maximum atomic E-state index is 12.6. The lowest BCUT2D eigenvalue weighted by Gasteiger charge is -2.12. The number of hydrogen-bond acceptors (Lipinski definition) is 6. The highest BCUT2D eigenvalue weighted by Gasteiger charge is 2.19. The van der Waals surface area contributed by atoms with E-state index in [1.807, 2.05) is 12.1 Å². The van der Waals surface area contributed by atoms with Crippen LogP contribution in [0, 0.1) is 0 Å². The molecule has 0 saturated carbocycles. The molecule has 1 amide bonds. The van der Waals surface area contributed by atoms with E-state index >= 15 is 0 Å². The van der Waals surface area contributed by atoms with Crippen LogP contribution in [0.15, 0.2) is 53.7 Å². The standard InChI is InChI=1S/C22H25N5O2S/c1-4-5-7-17-10-12-20(13-11-17)27-22(24-25-26-27)30-16(3)21(29)23-19-9-6-8-18(14-19)15(2)28/h6,8-14,16H,4-5,7H2,1-3H3,(H,23,29). The van der Waals surface area contributed by atoms with Gasteiger partial charge in [-0.2, -0.15) is 4.68 Å². The smallest absolute Gasteiger partial charge is 0.237 e. The molecule has 30 heavy (non-hydrogen) atoms. The molecule has 156 valence electrons. The van der Waals surface area contributed by atoms with Gasteiger partial charge in [0, 0.05) is 11.3 Å². The Morgan fingerprint density at radius 3 is 2.63 bits per heavy atom. The molecule has 0 spiro atoms. The van der Waals surface area contributed by atoms with Gasteiger partial charge < -0.3 is 5.32 Å². The lowest BCUT2D eigenvalue weighted by atomic mass is 10.1. The Labute approximate surface area is 180 Å². The van der Waals surface area contributed by atoms with Crippen molar-refractivity contribution in [1.82, 2.24) is 20.2 Å². The van der Waals surface area contributed by atoms with Crippen molar-refractivity contribution in [2.24, 2.45) is 0 Å². The molecule has 3 aromatic rings. The summed E-state index contributed by atoms with van der Waals surface area (Å²) in [6.07, 6.45) is 3.37. The van der Waals surface area contributed by atoms with Gasteiger partial charge in [0.25, 0.3) is 0 Å². The molecule has 0 fully saturated rings. The number of aryl methyl sites for hydroxylation is 1. The fourth-order valence-corrected chi connectivity index (χ4v) is 3.68. The number of hydrogen-bond donors (Lipinski definition) is 1. The first-order valence-electron chi connectivity index (χ1n) is 9.94. The molecular weight excluding hydrogens is 398 g/mol. The lowest BCUT2D eigenvalue weighted by Crippen LogP contribution is -2.23. The summed E-state index contributed by atoms with van der Waals surface area (Å²) in [5, 5.41) is 14.9. The fourth-order valence-electron chi connectivity index (χ4n) is 2.87. The molecule has 0 aliphatic rings. The van der Waals surface area contributed by atoms with E-state index in [9.17, 15) is 9.59 Å². The lowest BCUT2D eigenvalue weighted by molar-refractivity contribution is -0.115. The number of nitrogens with zero attached hydrogens (tertiary/aromatic N) is 4. The SMILES string of the molecule is CCCCc1ccc(-n2nnnc2SC(C)C(=O)Nc2cccc(C(C)=O)c2)cc1. The number of Topliss-reactive ketones (excluding diaryl/α,β-unsaturated/α-hetero) is 1. The largest absolute Gasteiger partial charge is 0.325 e. The van der Waals surface area contributed by atoms with Crippen molar-refractivity contribution >= 4 is 29.1 Å². The average Bonchev–Trinajstić information content (AvgIpc) is 3.20. The quantitative estimate of drug-likeness (QED) is 0.407. The van der Waals surface area contributed by atoms with Crippen molar-refractivity contribution in [3.63, 3.8) is 0 Å². The summed E-state index contributed by atoms with van der Waals surface area (Å²) < 4.78 is 1.63. The number of carbonyl (C=O) groups is 2. The van der Waals surface area contributed by atoms with Gasteiger partial charge in [0.05, 0.1) is 10.9 Å². The van der Waals surface area contributed by atoms with Crippen LogP contribution in [-0.4, -0.2) is 37.1 Å². The molecule has 0 radical (unpaired) electrons. The zero-order valence-corrected chi connectivity index (χ0v) is 18.1. The van der Waals surface area contributed by atoms with Crippen LogP contribution in [0.4, 0.5) is 5.69 Å². The van der Waals surface area contributed by atoms with E-state index in [4.69, 9.17) is 0 Å². The molecule has 1 atom stereocenters. The predicted molar refractivity (Wildman–Crippen MR) is 118 cm³/mol. The number of carbonyl (C=O) groups excluding carboxylic acids is 2. The van der Waals surface area contributed by atoms with Gasteiger partial charge in [-0.25, -0.2) is 0 Å². The zero-order valence-electron chi connectivity index (χ0n) is 17.3. The summed E-state index contributed by atoms with van der Waals surface area (Å²) in [5.74, 6) is -0.237. The average molecular weight is 424 g/mol. The number of rotatable bonds is 9. The topological polar surface area (TPSA) is 89.8 Å². The second-order valence-electron chi connectivity index (χ2n) is 7.03. The van der Waals surface area contributed by atoms with Crippen LogP contribution in [0.1, 0.15) is 49.5 Å². The molecule has 1 unspecified atom stereocenters. The highest BCUT2D eigenvalue weighted by molar-refractivity contribution is 8.00. The van der Waals surface area contributed by atoms with Gasteiger partial charge >= 0.3 is 0 Å². The summed E-state index contributed by atoms with van der Waals surface area (Å²) in [4.78, 5) is 24.2. The van der Waals surface area contributed by atoms with Crippen molar-refractivity contribution in [2.45, 2.75) is 50.4 Å². The number of ketones is 1. The van der Waals surface area contributed by atoms with Crippen molar-refractivity contribution < 1.29 is 9.59 Å². The normalized spacial score (nSPS) is 11.8. The first-order valence-corrected chi connectivity index (χ1v) is 10.8. The van der Waals surface area contributed by atoms with Crippen LogP contribution in [-0.2, 0) is 11.2 Å². The van der Waals surface area contributed by atoms with E-state index < -0.39 is 5.25 Å². The Bertz CT molecular complexity index is 1020. The van der Waals surface area contributed by atoms with E-state index in [1.54, 1.807) is 35.9 Å².